The van der Waals surface area contributed by atoms with Gasteiger partial charge in [0.1, 0.15) is 11.4 Å². The molecule has 1 N–H and O–H groups in total. The van der Waals surface area contributed by atoms with Gasteiger partial charge < -0.3 is 15.0 Å². The second-order valence-corrected chi connectivity index (χ2v) is 8.73. The summed E-state index contributed by atoms with van der Waals surface area (Å²) in [5, 5.41) is 2.96. The molecule has 1 unspecified atom stereocenters. The summed E-state index contributed by atoms with van der Waals surface area (Å²) in [5.41, 5.74) is 2.07. The van der Waals surface area contributed by atoms with Crippen LogP contribution in [0, 0.1) is 0 Å². The molecule has 2 amide bonds. The van der Waals surface area contributed by atoms with Crippen molar-refractivity contribution in [2.45, 2.75) is 78.2 Å². The fourth-order valence-corrected chi connectivity index (χ4v) is 3.83. The number of ether oxygens (including phenoxy) is 1. The zero-order chi connectivity index (χ0) is 21.8. The number of carbonyl (C=O) groups excluding carboxylic acids is 2. The Kier molecular flexibility index (Phi) is 7.09. The highest BCUT2D eigenvalue weighted by Gasteiger charge is 2.45. The Balaban J connectivity index is 2.20. The molecule has 0 fully saturated rings. The summed E-state index contributed by atoms with van der Waals surface area (Å²) in [6.07, 6.45) is 6.69. The van der Waals surface area contributed by atoms with Gasteiger partial charge >= 0.3 is 6.09 Å². The summed E-state index contributed by atoms with van der Waals surface area (Å²) in [6, 6.07) is 2.10. The summed E-state index contributed by atoms with van der Waals surface area (Å²) < 4.78 is 5.42. The molecule has 6 heteroatoms. The van der Waals surface area contributed by atoms with Gasteiger partial charge in [-0.2, -0.15) is 0 Å². The zero-order valence-corrected chi connectivity index (χ0v) is 18.9. The second kappa shape index (κ2) is 8.97. The van der Waals surface area contributed by atoms with Crippen molar-refractivity contribution in [3.63, 3.8) is 0 Å². The van der Waals surface area contributed by atoms with Gasteiger partial charge in [-0.25, -0.2) is 9.78 Å². The van der Waals surface area contributed by atoms with Crippen molar-refractivity contribution in [3.8, 4) is 0 Å². The van der Waals surface area contributed by atoms with E-state index in [2.05, 4.69) is 30.2 Å². The fourth-order valence-electron chi connectivity index (χ4n) is 3.83. The first-order valence-electron chi connectivity index (χ1n) is 10.5. The fraction of sp³-hybridized carbons (Fsp3) is 0.609. The lowest BCUT2D eigenvalue weighted by molar-refractivity contribution is -0.121. The van der Waals surface area contributed by atoms with Crippen LogP contribution >= 0.6 is 0 Å². The minimum atomic E-state index is -0.513. The van der Waals surface area contributed by atoms with E-state index in [1.807, 2.05) is 33.8 Å². The van der Waals surface area contributed by atoms with E-state index in [4.69, 9.17) is 4.74 Å². The number of rotatable bonds is 7. The number of nitrogens with zero attached hydrogens (tertiary/aromatic N) is 2. The number of amides is 2. The summed E-state index contributed by atoms with van der Waals surface area (Å²) in [4.78, 5) is 31.0. The maximum atomic E-state index is 12.7. The molecule has 2 heterocycles. The highest BCUT2D eigenvalue weighted by molar-refractivity contribution is 6.05. The van der Waals surface area contributed by atoms with Gasteiger partial charge in [-0.05, 0) is 64.2 Å². The first-order chi connectivity index (χ1) is 13.6. The number of nitrogens with one attached hydrogen (secondary N) is 1. The Morgan fingerprint density at radius 1 is 1.34 bits per heavy atom. The molecular formula is C23H35N3O3. The molecule has 0 spiro atoms. The summed E-state index contributed by atoms with van der Waals surface area (Å²) in [5.74, 6) is 0.726. The Hall–Kier alpha value is -2.37. The maximum Gasteiger partial charge on any atom is 0.410 e. The zero-order valence-electron chi connectivity index (χ0n) is 18.9. The number of anilines is 1. The number of hydrogen-bond donors (Lipinski definition) is 1. The number of pyridine rings is 1. The van der Waals surface area contributed by atoms with E-state index in [9.17, 15) is 9.59 Å². The predicted octanol–water partition coefficient (Wildman–Crippen LogP) is 5.14. The minimum Gasteiger partial charge on any atom is -0.444 e. The van der Waals surface area contributed by atoms with Crippen LogP contribution in [0.3, 0.4) is 0 Å². The Morgan fingerprint density at radius 3 is 2.59 bits per heavy atom. The van der Waals surface area contributed by atoms with Crippen LogP contribution in [0.15, 0.2) is 18.3 Å². The smallest absolute Gasteiger partial charge is 0.410 e. The molecular weight excluding hydrogens is 366 g/mol. The van der Waals surface area contributed by atoms with Crippen LogP contribution in [0.2, 0.25) is 0 Å². The van der Waals surface area contributed by atoms with Gasteiger partial charge in [0, 0.05) is 25.4 Å². The molecule has 1 atom stereocenters. The van der Waals surface area contributed by atoms with Gasteiger partial charge in [0.15, 0.2) is 0 Å². The number of aromatic nitrogens is 1. The Labute approximate surface area is 174 Å². The quantitative estimate of drug-likeness (QED) is 0.686. The molecule has 1 aliphatic heterocycles. The van der Waals surface area contributed by atoms with Crippen molar-refractivity contribution in [3.05, 3.63) is 29.5 Å². The van der Waals surface area contributed by atoms with E-state index in [1.165, 1.54) is 0 Å². The summed E-state index contributed by atoms with van der Waals surface area (Å²) in [6.45, 7) is 12.3. The van der Waals surface area contributed by atoms with Crippen molar-refractivity contribution < 1.29 is 14.3 Å². The summed E-state index contributed by atoms with van der Waals surface area (Å²) >= 11 is 0. The molecule has 1 aliphatic rings. The summed E-state index contributed by atoms with van der Waals surface area (Å²) in [7, 11) is 1.74. The lowest BCUT2D eigenvalue weighted by atomic mass is 9.75. The number of fused-ring (bicyclic) bond motifs is 1. The maximum absolute atomic E-state index is 12.7. The van der Waals surface area contributed by atoms with Crippen LogP contribution in [-0.4, -0.2) is 41.1 Å². The van der Waals surface area contributed by atoms with Gasteiger partial charge in [-0.1, -0.05) is 26.3 Å². The second-order valence-electron chi connectivity index (χ2n) is 8.73. The molecule has 0 radical (unpaired) electrons. The monoisotopic (exact) mass is 401 g/mol. The third-order valence-electron chi connectivity index (χ3n) is 5.49. The van der Waals surface area contributed by atoms with Gasteiger partial charge in [-0.15, -0.1) is 0 Å². The Morgan fingerprint density at radius 2 is 2.03 bits per heavy atom. The van der Waals surface area contributed by atoms with E-state index in [0.717, 1.165) is 36.0 Å². The Bertz CT molecular complexity index is 795. The molecule has 1 aromatic rings. The number of hydrogen-bond acceptors (Lipinski definition) is 4. The van der Waals surface area contributed by atoms with Gasteiger partial charge in [-0.3, -0.25) is 4.79 Å². The van der Waals surface area contributed by atoms with Crippen LogP contribution in [0.5, 0.6) is 0 Å². The molecule has 0 saturated heterocycles. The van der Waals surface area contributed by atoms with Gasteiger partial charge in [0.2, 0.25) is 5.91 Å². The third-order valence-corrected chi connectivity index (χ3v) is 5.49. The van der Waals surface area contributed by atoms with Crippen molar-refractivity contribution in [2.24, 2.45) is 0 Å². The average molecular weight is 402 g/mol. The highest BCUT2D eigenvalue weighted by atomic mass is 16.6. The normalized spacial score (nSPS) is 19.0. The van der Waals surface area contributed by atoms with Gasteiger partial charge in [0.05, 0.1) is 5.41 Å². The van der Waals surface area contributed by atoms with E-state index in [-0.39, 0.29) is 12.0 Å². The molecule has 0 bridgehead atoms. The molecule has 0 saturated carbocycles. The SMILES string of the molecule is C/C=C(\CCN(C)C(=O)OC(C)(C)C)c1cnc2c(c1)C(CC)(CCC)C(=O)N2. The number of allylic oxidation sites excluding steroid dienone is 1. The lowest BCUT2D eigenvalue weighted by Gasteiger charge is -2.26. The molecule has 1 aromatic heterocycles. The van der Waals surface area contributed by atoms with Crippen molar-refractivity contribution in [1.29, 1.82) is 0 Å². The largest absolute Gasteiger partial charge is 0.444 e. The predicted molar refractivity (Wildman–Crippen MR) is 117 cm³/mol. The first kappa shape index (κ1) is 22.9. The molecule has 6 nitrogen and oxygen atoms in total. The molecule has 0 aliphatic carbocycles. The van der Waals surface area contributed by atoms with Crippen LogP contribution in [0.4, 0.5) is 10.6 Å². The highest BCUT2D eigenvalue weighted by Crippen LogP contribution is 2.43. The van der Waals surface area contributed by atoms with Crippen molar-refractivity contribution in [2.75, 3.05) is 18.9 Å². The molecule has 160 valence electrons. The third kappa shape index (κ3) is 4.98. The number of carbonyl (C=O) groups is 2. The molecule has 2 rings (SSSR count). The van der Waals surface area contributed by atoms with Gasteiger partial charge in [0.25, 0.3) is 0 Å². The van der Waals surface area contributed by atoms with E-state index >= 15 is 0 Å². The lowest BCUT2D eigenvalue weighted by Crippen LogP contribution is -2.34. The average Bonchev–Trinajstić information content (AvgIpc) is 2.92. The minimum absolute atomic E-state index is 0.0492. The van der Waals surface area contributed by atoms with Crippen molar-refractivity contribution >= 4 is 23.4 Å². The van der Waals surface area contributed by atoms with Crippen molar-refractivity contribution in [1.82, 2.24) is 9.88 Å². The first-order valence-corrected chi connectivity index (χ1v) is 10.5. The standard InChI is InChI=1S/C23H35N3O3/c1-8-12-23(10-3)18-14-17(15-24-19(18)25-20(23)27)16(9-2)11-13-26(7)21(28)29-22(4,5)6/h9,14-15H,8,10-13H2,1-7H3,(H,24,25,27)/b16-9+. The van der Waals surface area contributed by atoms with Crippen LogP contribution in [0.25, 0.3) is 5.57 Å². The van der Waals surface area contributed by atoms with E-state index < -0.39 is 11.0 Å². The molecule has 29 heavy (non-hydrogen) atoms. The molecule has 0 aromatic carbocycles. The van der Waals surface area contributed by atoms with Crippen LogP contribution < -0.4 is 5.32 Å². The van der Waals surface area contributed by atoms with Crippen LogP contribution in [-0.2, 0) is 14.9 Å². The van der Waals surface area contributed by atoms with E-state index in [1.54, 1.807) is 18.1 Å². The van der Waals surface area contributed by atoms with E-state index in [0.29, 0.717) is 18.8 Å². The topological polar surface area (TPSA) is 71.5 Å². The van der Waals surface area contributed by atoms with Crippen LogP contribution in [0.1, 0.15) is 78.4 Å².